The van der Waals surface area contributed by atoms with Gasteiger partial charge < -0.3 is 14.2 Å². The number of thiazole rings is 1. The second-order valence-corrected chi connectivity index (χ2v) is 4.54. The molecule has 0 spiro atoms. The maximum Gasteiger partial charge on any atom is 0.204 e. The van der Waals surface area contributed by atoms with E-state index in [0.717, 1.165) is 10.2 Å². The molecule has 1 heterocycles. The Morgan fingerprint density at radius 1 is 1.12 bits per heavy atom. The van der Waals surface area contributed by atoms with E-state index in [-0.39, 0.29) is 0 Å². The van der Waals surface area contributed by atoms with E-state index < -0.39 is 0 Å². The van der Waals surface area contributed by atoms with Gasteiger partial charge in [-0.1, -0.05) is 22.9 Å². The Hall–Kier alpha value is -1.20. The van der Waals surface area contributed by atoms with Crippen LogP contribution in [-0.4, -0.2) is 26.3 Å². The SMILES string of the molecule is COc1cc2nc(Cl)sc2c(OC)c1OC. The molecule has 16 heavy (non-hydrogen) atoms. The van der Waals surface area contributed by atoms with E-state index in [9.17, 15) is 0 Å². The van der Waals surface area contributed by atoms with Crippen LogP contribution in [0.5, 0.6) is 17.2 Å². The molecule has 0 N–H and O–H groups in total. The minimum atomic E-state index is 0.462. The van der Waals surface area contributed by atoms with Crippen LogP contribution >= 0.6 is 22.9 Å². The standard InChI is InChI=1S/C10H10ClNO3S/c1-13-6-4-5-9(16-10(11)12-5)8(15-3)7(6)14-2/h4H,1-3H3. The molecule has 6 heteroatoms. The Balaban J connectivity index is 2.81. The molecule has 1 aromatic heterocycles. The van der Waals surface area contributed by atoms with Gasteiger partial charge in [-0.3, -0.25) is 0 Å². The van der Waals surface area contributed by atoms with Crippen LogP contribution in [0.4, 0.5) is 0 Å². The summed E-state index contributed by atoms with van der Waals surface area (Å²) < 4.78 is 17.1. The lowest BCUT2D eigenvalue weighted by molar-refractivity contribution is 0.327. The largest absolute Gasteiger partial charge is 0.493 e. The number of fused-ring (bicyclic) bond motifs is 1. The van der Waals surface area contributed by atoms with Gasteiger partial charge in [0, 0.05) is 6.07 Å². The molecule has 0 saturated heterocycles. The van der Waals surface area contributed by atoms with Crippen LogP contribution in [0.25, 0.3) is 10.2 Å². The van der Waals surface area contributed by atoms with Crippen LogP contribution in [0.3, 0.4) is 0 Å². The van der Waals surface area contributed by atoms with E-state index >= 15 is 0 Å². The maximum absolute atomic E-state index is 5.87. The second kappa shape index (κ2) is 4.35. The van der Waals surface area contributed by atoms with Gasteiger partial charge in [-0.2, -0.15) is 0 Å². The summed E-state index contributed by atoms with van der Waals surface area (Å²) in [5, 5.41) is 0. The van der Waals surface area contributed by atoms with Crippen LogP contribution < -0.4 is 14.2 Å². The van der Waals surface area contributed by atoms with Gasteiger partial charge in [0.1, 0.15) is 4.70 Å². The summed E-state index contributed by atoms with van der Waals surface area (Å²) in [6.07, 6.45) is 0. The third-order valence-corrected chi connectivity index (χ3v) is 3.33. The van der Waals surface area contributed by atoms with Gasteiger partial charge in [0.05, 0.1) is 26.8 Å². The zero-order chi connectivity index (χ0) is 11.7. The van der Waals surface area contributed by atoms with Gasteiger partial charge in [-0.05, 0) is 0 Å². The van der Waals surface area contributed by atoms with Crippen molar-refractivity contribution in [3.63, 3.8) is 0 Å². The Bertz CT molecular complexity index is 526. The highest BCUT2D eigenvalue weighted by Gasteiger charge is 2.18. The summed E-state index contributed by atoms with van der Waals surface area (Å²) in [5.74, 6) is 1.73. The highest BCUT2D eigenvalue weighted by Crippen LogP contribution is 2.45. The molecule has 0 amide bonds. The predicted octanol–water partition coefficient (Wildman–Crippen LogP) is 2.98. The predicted molar refractivity (Wildman–Crippen MR) is 64.3 cm³/mol. The van der Waals surface area contributed by atoms with Gasteiger partial charge in [0.2, 0.25) is 5.75 Å². The number of ether oxygens (including phenoxy) is 3. The Morgan fingerprint density at radius 3 is 2.38 bits per heavy atom. The van der Waals surface area contributed by atoms with E-state index in [2.05, 4.69) is 4.98 Å². The molecule has 4 nitrogen and oxygen atoms in total. The van der Waals surface area contributed by atoms with Gasteiger partial charge >= 0.3 is 0 Å². The number of nitrogens with zero attached hydrogens (tertiary/aromatic N) is 1. The van der Waals surface area contributed by atoms with Crippen LogP contribution in [0.1, 0.15) is 0 Å². The van der Waals surface area contributed by atoms with Gasteiger partial charge in [-0.25, -0.2) is 4.98 Å². The Labute approximate surface area is 102 Å². The summed E-state index contributed by atoms with van der Waals surface area (Å²) in [7, 11) is 4.70. The molecule has 0 aliphatic rings. The number of methoxy groups -OCH3 is 3. The molecule has 2 aromatic rings. The number of benzene rings is 1. The first kappa shape index (κ1) is 11.3. The topological polar surface area (TPSA) is 40.6 Å². The van der Waals surface area contributed by atoms with Crippen molar-refractivity contribution < 1.29 is 14.2 Å². The molecule has 0 saturated carbocycles. The second-order valence-electron chi connectivity index (χ2n) is 2.96. The van der Waals surface area contributed by atoms with Gasteiger partial charge in [-0.15, -0.1) is 0 Å². The number of aromatic nitrogens is 1. The lowest BCUT2D eigenvalue weighted by Gasteiger charge is -2.11. The molecule has 0 bridgehead atoms. The van der Waals surface area contributed by atoms with Crippen molar-refractivity contribution in [2.24, 2.45) is 0 Å². The smallest absolute Gasteiger partial charge is 0.204 e. The average Bonchev–Trinajstić information content (AvgIpc) is 2.66. The first-order chi connectivity index (χ1) is 7.71. The van der Waals surface area contributed by atoms with E-state index in [4.69, 9.17) is 25.8 Å². The van der Waals surface area contributed by atoms with E-state index in [1.165, 1.54) is 11.3 Å². The van der Waals surface area contributed by atoms with E-state index in [1.54, 1.807) is 27.4 Å². The van der Waals surface area contributed by atoms with Crippen molar-refractivity contribution >= 4 is 33.2 Å². The molecule has 0 aliphatic heterocycles. The quantitative estimate of drug-likeness (QED) is 0.850. The number of rotatable bonds is 3. The zero-order valence-electron chi connectivity index (χ0n) is 9.04. The first-order valence-electron chi connectivity index (χ1n) is 4.46. The van der Waals surface area contributed by atoms with Crippen LogP contribution in [-0.2, 0) is 0 Å². The molecule has 2 rings (SSSR count). The molecule has 0 unspecified atom stereocenters. The first-order valence-corrected chi connectivity index (χ1v) is 5.65. The molecule has 86 valence electrons. The lowest BCUT2D eigenvalue weighted by Crippen LogP contribution is -1.94. The molecule has 0 atom stereocenters. The highest BCUT2D eigenvalue weighted by atomic mass is 35.5. The third kappa shape index (κ3) is 1.66. The molecular weight excluding hydrogens is 250 g/mol. The fraction of sp³-hybridized carbons (Fsp3) is 0.300. The molecular formula is C10H10ClNO3S. The van der Waals surface area contributed by atoms with Crippen molar-refractivity contribution in [1.82, 2.24) is 4.98 Å². The maximum atomic E-state index is 5.87. The average molecular weight is 260 g/mol. The van der Waals surface area contributed by atoms with E-state index in [1.807, 2.05) is 0 Å². The summed E-state index contributed by atoms with van der Waals surface area (Å²) in [5.41, 5.74) is 0.740. The van der Waals surface area contributed by atoms with Crippen molar-refractivity contribution in [2.45, 2.75) is 0 Å². The highest BCUT2D eigenvalue weighted by molar-refractivity contribution is 7.22. The molecule has 0 fully saturated rings. The molecule has 1 aromatic carbocycles. The number of hydrogen-bond acceptors (Lipinski definition) is 5. The number of halogens is 1. The molecule has 0 aliphatic carbocycles. The summed E-state index contributed by atoms with van der Waals surface area (Å²) in [6.45, 7) is 0. The van der Waals surface area contributed by atoms with Gasteiger partial charge in [0.25, 0.3) is 0 Å². The molecule has 0 radical (unpaired) electrons. The zero-order valence-corrected chi connectivity index (χ0v) is 10.6. The summed E-state index contributed by atoms with van der Waals surface area (Å²) >= 11 is 7.22. The van der Waals surface area contributed by atoms with Crippen LogP contribution in [0.2, 0.25) is 4.47 Å². The summed E-state index contributed by atoms with van der Waals surface area (Å²) in [6, 6.07) is 1.78. The normalized spacial score (nSPS) is 10.5. The van der Waals surface area contributed by atoms with Crippen molar-refractivity contribution in [3.8, 4) is 17.2 Å². The summed E-state index contributed by atoms with van der Waals surface area (Å²) in [4.78, 5) is 4.17. The van der Waals surface area contributed by atoms with Crippen molar-refractivity contribution in [2.75, 3.05) is 21.3 Å². The third-order valence-electron chi connectivity index (χ3n) is 2.16. The minimum absolute atomic E-state index is 0.462. The Kier molecular flexibility index (Phi) is 3.07. The number of hydrogen-bond donors (Lipinski definition) is 0. The lowest BCUT2D eigenvalue weighted by atomic mass is 10.2. The van der Waals surface area contributed by atoms with Crippen molar-refractivity contribution in [3.05, 3.63) is 10.5 Å². The van der Waals surface area contributed by atoms with Crippen molar-refractivity contribution in [1.29, 1.82) is 0 Å². The fourth-order valence-corrected chi connectivity index (χ4v) is 2.61. The van der Waals surface area contributed by atoms with Gasteiger partial charge in [0.15, 0.2) is 16.0 Å². The Morgan fingerprint density at radius 2 is 1.81 bits per heavy atom. The monoisotopic (exact) mass is 259 g/mol. The van der Waals surface area contributed by atoms with Crippen LogP contribution in [0.15, 0.2) is 6.07 Å². The fourth-order valence-electron chi connectivity index (χ4n) is 1.50. The van der Waals surface area contributed by atoms with E-state index in [0.29, 0.717) is 21.7 Å². The minimum Gasteiger partial charge on any atom is -0.493 e. The van der Waals surface area contributed by atoms with Crippen LogP contribution in [0, 0.1) is 0 Å².